The molecular weight excluding hydrogens is 262 g/mol. The average Bonchev–Trinajstić information content (AvgIpc) is 2.40. The van der Waals surface area contributed by atoms with Crippen molar-refractivity contribution in [3.8, 4) is 0 Å². The molecule has 104 valence electrons. The Morgan fingerprint density at radius 3 is 1.20 bits per heavy atom. The number of halogens is 2. The molecule has 0 unspecified atom stereocenters. The molecule has 0 radical (unpaired) electrons. The first-order valence-corrected chi connectivity index (χ1v) is 5.94. The summed E-state index contributed by atoms with van der Waals surface area (Å²) < 4.78 is 25.2. The summed E-state index contributed by atoms with van der Waals surface area (Å²) in [4.78, 5) is 21.3. The molecule has 0 aliphatic rings. The smallest absolute Gasteiger partial charge is 0.162 e. The van der Waals surface area contributed by atoms with Crippen molar-refractivity contribution in [1.82, 2.24) is 0 Å². The van der Waals surface area contributed by atoms with Crippen LogP contribution in [0.5, 0.6) is 0 Å². The van der Waals surface area contributed by atoms with Crippen LogP contribution in [0, 0.1) is 11.6 Å². The number of hydrogen-bond donors (Lipinski definition) is 0. The fourth-order valence-corrected chi connectivity index (χ4v) is 1.49. The van der Waals surface area contributed by atoms with Gasteiger partial charge < -0.3 is 0 Å². The highest BCUT2D eigenvalue weighted by atomic mass is 19.1. The molecule has 0 spiro atoms. The number of benzene rings is 2. The van der Waals surface area contributed by atoms with E-state index in [1.165, 1.54) is 38.1 Å². The first-order valence-electron chi connectivity index (χ1n) is 5.94. The van der Waals surface area contributed by atoms with Crippen LogP contribution in [-0.2, 0) is 0 Å². The Balaban J connectivity index is 0.000000200. The first kappa shape index (κ1) is 15.7. The maximum atomic E-state index is 12.6. The van der Waals surface area contributed by atoms with Gasteiger partial charge in [0.05, 0.1) is 11.1 Å². The summed E-state index contributed by atoms with van der Waals surface area (Å²) >= 11 is 0. The van der Waals surface area contributed by atoms with Gasteiger partial charge in [0.15, 0.2) is 11.6 Å². The van der Waals surface area contributed by atoms with Crippen molar-refractivity contribution in [2.75, 3.05) is 0 Å². The second-order valence-corrected chi connectivity index (χ2v) is 4.07. The topological polar surface area (TPSA) is 34.1 Å². The lowest BCUT2D eigenvalue weighted by molar-refractivity contribution is 0.100. The number of ketones is 2. The summed E-state index contributed by atoms with van der Waals surface area (Å²) in [5.74, 6) is -1.37. The van der Waals surface area contributed by atoms with Crippen molar-refractivity contribution in [3.05, 3.63) is 71.3 Å². The summed E-state index contributed by atoms with van der Waals surface area (Å²) in [6, 6.07) is 11.9. The molecule has 0 bridgehead atoms. The zero-order valence-electron chi connectivity index (χ0n) is 11.2. The molecule has 0 heterocycles. The quantitative estimate of drug-likeness (QED) is 0.775. The number of Topliss-reactive ketones (excluding diaryl/α,β-unsaturated/α-hetero) is 2. The predicted molar refractivity (Wildman–Crippen MR) is 72.8 cm³/mol. The molecule has 20 heavy (non-hydrogen) atoms. The Morgan fingerprint density at radius 2 is 1.00 bits per heavy atom. The minimum Gasteiger partial charge on any atom is -0.294 e. The van der Waals surface area contributed by atoms with Crippen LogP contribution < -0.4 is 0 Å². The largest absolute Gasteiger partial charge is 0.294 e. The number of rotatable bonds is 2. The zero-order valence-corrected chi connectivity index (χ0v) is 11.2. The third-order valence-electron chi connectivity index (χ3n) is 2.51. The van der Waals surface area contributed by atoms with Crippen LogP contribution in [0.25, 0.3) is 0 Å². The Hall–Kier alpha value is -2.36. The van der Waals surface area contributed by atoms with Gasteiger partial charge in [-0.2, -0.15) is 0 Å². The van der Waals surface area contributed by atoms with E-state index >= 15 is 0 Å². The molecule has 2 aromatic rings. The van der Waals surface area contributed by atoms with Crippen LogP contribution in [0.1, 0.15) is 34.6 Å². The lowest BCUT2D eigenvalue weighted by Crippen LogP contribution is -1.94. The standard InChI is InChI=1S/2C8H7FO/c2*1-6(10)7-4-2-3-5-8(7)9/h2*2-5H,1H3. The van der Waals surface area contributed by atoms with Gasteiger partial charge in [-0.05, 0) is 38.1 Å². The van der Waals surface area contributed by atoms with E-state index in [2.05, 4.69) is 0 Å². The van der Waals surface area contributed by atoms with Crippen LogP contribution in [0.4, 0.5) is 8.78 Å². The third kappa shape index (κ3) is 4.39. The van der Waals surface area contributed by atoms with Crippen LogP contribution in [0.15, 0.2) is 48.5 Å². The minimum absolute atomic E-state index is 0.155. The van der Waals surface area contributed by atoms with Crippen LogP contribution >= 0.6 is 0 Å². The number of carbonyl (C=O) groups excluding carboxylic acids is 2. The lowest BCUT2D eigenvalue weighted by Gasteiger charge is -1.94. The molecule has 0 aliphatic heterocycles. The van der Waals surface area contributed by atoms with Crippen molar-refractivity contribution in [2.24, 2.45) is 0 Å². The van der Waals surface area contributed by atoms with Crippen molar-refractivity contribution >= 4 is 11.6 Å². The highest BCUT2D eigenvalue weighted by Gasteiger charge is 2.03. The molecule has 4 heteroatoms. The first-order chi connectivity index (χ1) is 9.43. The highest BCUT2D eigenvalue weighted by molar-refractivity contribution is 5.94. The summed E-state index contributed by atoms with van der Waals surface area (Å²) in [6.07, 6.45) is 0. The Morgan fingerprint density at radius 1 is 0.700 bits per heavy atom. The van der Waals surface area contributed by atoms with Gasteiger partial charge in [-0.25, -0.2) is 8.78 Å². The summed E-state index contributed by atoms with van der Waals surface area (Å²) in [6.45, 7) is 2.69. The highest BCUT2D eigenvalue weighted by Crippen LogP contribution is 2.06. The summed E-state index contributed by atoms with van der Waals surface area (Å²) in [5.41, 5.74) is 0.310. The number of carbonyl (C=O) groups is 2. The molecule has 2 rings (SSSR count). The van der Waals surface area contributed by atoms with E-state index < -0.39 is 11.6 Å². The zero-order chi connectivity index (χ0) is 15.1. The predicted octanol–water partition coefficient (Wildman–Crippen LogP) is 4.06. The molecule has 0 saturated carbocycles. The van der Waals surface area contributed by atoms with Crippen LogP contribution in [-0.4, -0.2) is 11.6 Å². The lowest BCUT2D eigenvalue weighted by atomic mass is 10.1. The van der Waals surface area contributed by atoms with Gasteiger partial charge in [-0.15, -0.1) is 0 Å². The fourth-order valence-electron chi connectivity index (χ4n) is 1.49. The SMILES string of the molecule is CC(=O)c1ccccc1F.CC(=O)c1ccccc1F. The molecule has 0 amide bonds. The van der Waals surface area contributed by atoms with Gasteiger partial charge >= 0.3 is 0 Å². The van der Waals surface area contributed by atoms with E-state index in [-0.39, 0.29) is 22.7 Å². The molecule has 2 aromatic carbocycles. The Labute approximate surface area is 116 Å². The van der Waals surface area contributed by atoms with Gasteiger partial charge in [0.25, 0.3) is 0 Å². The molecule has 0 atom stereocenters. The van der Waals surface area contributed by atoms with E-state index in [0.29, 0.717) is 0 Å². The van der Waals surface area contributed by atoms with Gasteiger partial charge in [0, 0.05) is 0 Å². The average molecular weight is 276 g/mol. The summed E-state index contributed by atoms with van der Waals surface area (Å²) in [7, 11) is 0. The molecule has 2 nitrogen and oxygen atoms in total. The van der Waals surface area contributed by atoms with Gasteiger partial charge in [0.1, 0.15) is 11.6 Å². The van der Waals surface area contributed by atoms with E-state index in [4.69, 9.17) is 0 Å². The maximum absolute atomic E-state index is 12.6. The van der Waals surface area contributed by atoms with Crippen molar-refractivity contribution < 1.29 is 18.4 Å². The minimum atomic E-state index is -0.449. The Bertz CT molecular complexity index is 566. The second-order valence-electron chi connectivity index (χ2n) is 4.07. The van der Waals surface area contributed by atoms with Crippen molar-refractivity contribution in [2.45, 2.75) is 13.8 Å². The Kier molecular flexibility index (Phi) is 5.72. The van der Waals surface area contributed by atoms with E-state index in [1.54, 1.807) is 24.3 Å². The number of hydrogen-bond acceptors (Lipinski definition) is 2. The molecular formula is C16H14F2O2. The van der Waals surface area contributed by atoms with Gasteiger partial charge in [-0.3, -0.25) is 9.59 Å². The second kappa shape index (κ2) is 7.28. The van der Waals surface area contributed by atoms with Crippen LogP contribution in [0.3, 0.4) is 0 Å². The summed E-state index contributed by atoms with van der Waals surface area (Å²) in [5, 5.41) is 0. The van der Waals surface area contributed by atoms with E-state index in [9.17, 15) is 18.4 Å². The van der Waals surface area contributed by atoms with Gasteiger partial charge in [0.2, 0.25) is 0 Å². The molecule has 0 saturated heterocycles. The van der Waals surface area contributed by atoms with E-state index in [1.807, 2.05) is 0 Å². The monoisotopic (exact) mass is 276 g/mol. The molecule has 0 fully saturated rings. The molecule has 0 aromatic heterocycles. The normalized spacial score (nSPS) is 9.40. The van der Waals surface area contributed by atoms with Crippen molar-refractivity contribution in [1.29, 1.82) is 0 Å². The third-order valence-corrected chi connectivity index (χ3v) is 2.51. The molecule has 0 N–H and O–H groups in total. The fraction of sp³-hybridized carbons (Fsp3) is 0.125. The van der Waals surface area contributed by atoms with Crippen molar-refractivity contribution in [3.63, 3.8) is 0 Å². The van der Waals surface area contributed by atoms with Gasteiger partial charge in [-0.1, -0.05) is 24.3 Å². The molecule has 0 aliphatic carbocycles. The van der Waals surface area contributed by atoms with E-state index in [0.717, 1.165) is 0 Å². The van der Waals surface area contributed by atoms with Crippen LogP contribution in [0.2, 0.25) is 0 Å². The maximum Gasteiger partial charge on any atom is 0.162 e.